The van der Waals surface area contributed by atoms with Crippen molar-refractivity contribution in [2.24, 2.45) is 0 Å². The van der Waals surface area contributed by atoms with E-state index in [-0.39, 0.29) is 0 Å². The molecule has 2 rings (SSSR count). The smallest absolute Gasteiger partial charge is 0.227 e. The number of hydrogen-bond donors (Lipinski definition) is 1. The predicted octanol–water partition coefficient (Wildman–Crippen LogP) is 2.22. The molecule has 1 aromatic rings. The molecule has 0 unspecified atom stereocenters. The molecular weight excluding hydrogens is 234 g/mol. The molecule has 4 nitrogen and oxygen atoms in total. The van der Waals surface area contributed by atoms with E-state index in [9.17, 15) is 0 Å². The van der Waals surface area contributed by atoms with Crippen LogP contribution in [0.15, 0.2) is 4.52 Å². The molecule has 17 heavy (non-hydrogen) atoms. The van der Waals surface area contributed by atoms with Crippen molar-refractivity contribution in [3.05, 3.63) is 11.7 Å². The molecule has 0 aliphatic carbocycles. The zero-order valence-corrected chi connectivity index (χ0v) is 11.4. The van der Waals surface area contributed by atoms with Crippen molar-refractivity contribution >= 4 is 11.8 Å². The van der Waals surface area contributed by atoms with Gasteiger partial charge in [-0.15, -0.1) is 0 Å². The Kier molecular flexibility index (Phi) is 4.86. The van der Waals surface area contributed by atoms with Gasteiger partial charge in [-0.05, 0) is 18.6 Å². The lowest BCUT2D eigenvalue weighted by Crippen LogP contribution is -2.35. The highest BCUT2D eigenvalue weighted by Crippen LogP contribution is 2.16. The summed E-state index contributed by atoms with van der Waals surface area (Å²) in [5.41, 5.74) is 0. The molecule has 1 saturated heterocycles. The van der Waals surface area contributed by atoms with E-state index in [1.54, 1.807) is 0 Å². The fraction of sp³-hybridized carbons (Fsp3) is 0.833. The molecule has 0 amide bonds. The van der Waals surface area contributed by atoms with E-state index in [0.717, 1.165) is 24.7 Å². The summed E-state index contributed by atoms with van der Waals surface area (Å²) in [5.74, 6) is 4.47. The molecule has 2 heterocycles. The highest BCUT2D eigenvalue weighted by molar-refractivity contribution is 7.99. The zero-order chi connectivity index (χ0) is 12.1. The molecule has 1 aromatic heterocycles. The van der Waals surface area contributed by atoms with Gasteiger partial charge in [0.15, 0.2) is 5.82 Å². The van der Waals surface area contributed by atoms with Crippen molar-refractivity contribution in [1.29, 1.82) is 0 Å². The van der Waals surface area contributed by atoms with Crippen LogP contribution in [0.25, 0.3) is 0 Å². The van der Waals surface area contributed by atoms with E-state index in [0.29, 0.717) is 12.0 Å². The van der Waals surface area contributed by atoms with Crippen LogP contribution in [0.3, 0.4) is 0 Å². The van der Waals surface area contributed by atoms with Crippen LogP contribution in [0, 0.1) is 0 Å². The molecule has 0 spiro atoms. The Labute approximate surface area is 107 Å². The minimum Gasteiger partial charge on any atom is -0.339 e. The molecule has 1 aliphatic rings. The van der Waals surface area contributed by atoms with Crippen molar-refractivity contribution in [3.63, 3.8) is 0 Å². The van der Waals surface area contributed by atoms with Crippen LogP contribution in [0.4, 0.5) is 0 Å². The van der Waals surface area contributed by atoms with E-state index in [4.69, 9.17) is 4.52 Å². The lowest BCUT2D eigenvalue weighted by molar-refractivity contribution is 0.365. The third-order valence-corrected chi connectivity index (χ3v) is 4.15. The first kappa shape index (κ1) is 12.9. The second kappa shape index (κ2) is 6.40. The van der Waals surface area contributed by atoms with Crippen LogP contribution in [0.2, 0.25) is 0 Å². The summed E-state index contributed by atoms with van der Waals surface area (Å²) in [5, 5.41) is 7.52. The second-order valence-electron chi connectivity index (χ2n) is 4.82. The number of nitrogens with zero attached hydrogens (tertiary/aromatic N) is 2. The van der Waals surface area contributed by atoms with Gasteiger partial charge < -0.3 is 9.84 Å². The standard InChI is InChI=1S/C12H21N3OS/c1-9(2)12-14-11(16-15-12)5-6-13-10-4-3-7-17-8-10/h9-10,13H,3-8H2,1-2H3/t10-/m1/s1. The van der Waals surface area contributed by atoms with E-state index in [1.807, 2.05) is 11.8 Å². The van der Waals surface area contributed by atoms with E-state index >= 15 is 0 Å². The van der Waals surface area contributed by atoms with Crippen LogP contribution in [0.1, 0.15) is 44.3 Å². The summed E-state index contributed by atoms with van der Waals surface area (Å²) in [4.78, 5) is 4.37. The Morgan fingerprint density at radius 1 is 1.53 bits per heavy atom. The zero-order valence-electron chi connectivity index (χ0n) is 10.6. The lowest BCUT2D eigenvalue weighted by Gasteiger charge is -2.22. The van der Waals surface area contributed by atoms with Crippen molar-refractivity contribution < 1.29 is 4.52 Å². The summed E-state index contributed by atoms with van der Waals surface area (Å²) in [6.07, 6.45) is 3.47. The minimum absolute atomic E-state index is 0.343. The predicted molar refractivity (Wildman–Crippen MR) is 70.4 cm³/mol. The van der Waals surface area contributed by atoms with Gasteiger partial charge in [0.05, 0.1) is 0 Å². The average Bonchev–Trinajstić information content (AvgIpc) is 2.79. The molecule has 1 aliphatic heterocycles. The summed E-state index contributed by atoms with van der Waals surface area (Å²) >= 11 is 2.04. The molecule has 1 atom stereocenters. The average molecular weight is 255 g/mol. The van der Waals surface area contributed by atoms with Crippen LogP contribution in [-0.2, 0) is 6.42 Å². The Morgan fingerprint density at radius 3 is 3.06 bits per heavy atom. The summed E-state index contributed by atoms with van der Waals surface area (Å²) in [6, 6.07) is 0.668. The maximum absolute atomic E-state index is 5.21. The van der Waals surface area contributed by atoms with Gasteiger partial charge in [-0.3, -0.25) is 0 Å². The largest absolute Gasteiger partial charge is 0.339 e. The van der Waals surface area contributed by atoms with Gasteiger partial charge in [0.25, 0.3) is 0 Å². The van der Waals surface area contributed by atoms with Gasteiger partial charge in [0.2, 0.25) is 5.89 Å². The molecule has 0 aromatic carbocycles. The number of hydrogen-bond acceptors (Lipinski definition) is 5. The number of thioether (sulfide) groups is 1. The molecule has 1 fully saturated rings. The lowest BCUT2D eigenvalue weighted by atomic mass is 10.2. The SMILES string of the molecule is CC(C)c1noc(CCN[C@@H]2CCCSC2)n1. The number of nitrogens with one attached hydrogen (secondary N) is 1. The third-order valence-electron chi connectivity index (χ3n) is 2.93. The normalized spacial score (nSPS) is 21.0. The van der Waals surface area contributed by atoms with Crippen LogP contribution in [-0.4, -0.2) is 34.2 Å². The minimum atomic E-state index is 0.343. The summed E-state index contributed by atoms with van der Waals surface area (Å²) in [7, 11) is 0. The molecule has 1 N–H and O–H groups in total. The Hall–Kier alpha value is -0.550. The highest BCUT2D eigenvalue weighted by Gasteiger charge is 2.14. The number of rotatable bonds is 5. The molecule has 0 bridgehead atoms. The van der Waals surface area contributed by atoms with E-state index in [2.05, 4.69) is 29.3 Å². The van der Waals surface area contributed by atoms with Gasteiger partial charge >= 0.3 is 0 Å². The van der Waals surface area contributed by atoms with Crippen LogP contribution in [0.5, 0.6) is 0 Å². The first-order valence-corrected chi connectivity index (χ1v) is 7.55. The van der Waals surface area contributed by atoms with Gasteiger partial charge in [0, 0.05) is 30.7 Å². The van der Waals surface area contributed by atoms with E-state index in [1.165, 1.54) is 24.3 Å². The first-order chi connectivity index (χ1) is 8.25. The fourth-order valence-electron chi connectivity index (χ4n) is 1.89. The van der Waals surface area contributed by atoms with Gasteiger partial charge in [-0.2, -0.15) is 16.7 Å². The Bertz CT molecular complexity index is 334. The van der Waals surface area contributed by atoms with Crippen molar-refractivity contribution in [2.75, 3.05) is 18.1 Å². The third kappa shape index (κ3) is 4.00. The summed E-state index contributed by atoms with van der Waals surface area (Å²) < 4.78 is 5.21. The Morgan fingerprint density at radius 2 is 2.41 bits per heavy atom. The maximum Gasteiger partial charge on any atom is 0.227 e. The topological polar surface area (TPSA) is 51.0 Å². The van der Waals surface area contributed by atoms with E-state index < -0.39 is 0 Å². The summed E-state index contributed by atoms with van der Waals surface area (Å²) in [6.45, 7) is 5.09. The molecule has 0 radical (unpaired) electrons. The molecule has 5 heteroatoms. The quantitative estimate of drug-likeness (QED) is 0.874. The van der Waals surface area contributed by atoms with Gasteiger partial charge in [-0.1, -0.05) is 19.0 Å². The van der Waals surface area contributed by atoms with Crippen LogP contribution >= 0.6 is 11.8 Å². The maximum atomic E-state index is 5.21. The molecular formula is C12H21N3OS. The van der Waals surface area contributed by atoms with Crippen molar-refractivity contribution in [1.82, 2.24) is 15.5 Å². The monoisotopic (exact) mass is 255 g/mol. The first-order valence-electron chi connectivity index (χ1n) is 6.39. The Balaban J connectivity index is 1.70. The van der Waals surface area contributed by atoms with Gasteiger partial charge in [0.1, 0.15) is 0 Å². The molecule has 0 saturated carbocycles. The number of aromatic nitrogens is 2. The van der Waals surface area contributed by atoms with Crippen LogP contribution < -0.4 is 5.32 Å². The van der Waals surface area contributed by atoms with Crippen molar-refractivity contribution in [2.45, 2.75) is 45.1 Å². The van der Waals surface area contributed by atoms with Gasteiger partial charge in [-0.25, -0.2) is 0 Å². The second-order valence-corrected chi connectivity index (χ2v) is 5.97. The van der Waals surface area contributed by atoms with Crippen molar-refractivity contribution in [3.8, 4) is 0 Å². The molecule has 96 valence electrons. The fourth-order valence-corrected chi connectivity index (χ4v) is 3.00. The highest BCUT2D eigenvalue weighted by atomic mass is 32.2.